The highest BCUT2D eigenvalue weighted by Gasteiger charge is 2.21. The molecule has 4 heteroatoms. The van der Waals surface area contributed by atoms with Gasteiger partial charge in [0.25, 0.3) is 0 Å². The Morgan fingerprint density at radius 1 is 1.38 bits per heavy atom. The normalized spacial score (nSPS) is 33.6. The van der Waals surface area contributed by atoms with Gasteiger partial charge < -0.3 is 14.8 Å². The van der Waals surface area contributed by atoms with Gasteiger partial charge in [0, 0.05) is 19.1 Å². The maximum Gasteiger partial charge on any atom is 0.0936 e. The summed E-state index contributed by atoms with van der Waals surface area (Å²) in [4.78, 5) is 2.52. The molecule has 0 saturated carbocycles. The van der Waals surface area contributed by atoms with Crippen LogP contribution >= 0.6 is 0 Å². The highest BCUT2D eigenvalue weighted by Crippen LogP contribution is 2.08. The Labute approximate surface area is 98.3 Å². The van der Waals surface area contributed by atoms with Crippen molar-refractivity contribution >= 4 is 0 Å². The first-order valence-corrected chi connectivity index (χ1v) is 6.53. The zero-order valence-corrected chi connectivity index (χ0v) is 10.3. The van der Waals surface area contributed by atoms with Crippen molar-refractivity contribution in [2.45, 2.75) is 31.9 Å². The van der Waals surface area contributed by atoms with E-state index < -0.39 is 0 Å². The Balaban J connectivity index is 1.77. The molecule has 1 N–H and O–H groups in total. The fraction of sp³-hybridized carbons (Fsp3) is 1.00. The van der Waals surface area contributed by atoms with Gasteiger partial charge in [-0.05, 0) is 25.9 Å². The topological polar surface area (TPSA) is 33.7 Å². The van der Waals surface area contributed by atoms with Gasteiger partial charge >= 0.3 is 0 Å². The van der Waals surface area contributed by atoms with E-state index in [0.717, 1.165) is 39.5 Å². The van der Waals surface area contributed by atoms with Crippen molar-refractivity contribution in [1.82, 2.24) is 10.2 Å². The Bertz CT molecular complexity index is 195. The highest BCUT2D eigenvalue weighted by atomic mass is 16.6. The van der Waals surface area contributed by atoms with E-state index in [1.165, 1.54) is 19.4 Å². The summed E-state index contributed by atoms with van der Waals surface area (Å²) in [5.41, 5.74) is 0. The Morgan fingerprint density at radius 3 is 3.06 bits per heavy atom. The van der Waals surface area contributed by atoms with E-state index in [4.69, 9.17) is 9.47 Å². The van der Waals surface area contributed by atoms with Crippen LogP contribution in [0.3, 0.4) is 0 Å². The summed E-state index contributed by atoms with van der Waals surface area (Å²) >= 11 is 0. The molecule has 2 aliphatic rings. The van der Waals surface area contributed by atoms with Gasteiger partial charge in [-0.2, -0.15) is 0 Å². The number of ether oxygens (including phenoxy) is 2. The van der Waals surface area contributed by atoms with Gasteiger partial charge in [0.2, 0.25) is 0 Å². The third-order valence-electron chi connectivity index (χ3n) is 3.40. The molecular formula is C12H24N2O2. The Morgan fingerprint density at radius 2 is 2.31 bits per heavy atom. The lowest BCUT2D eigenvalue weighted by atomic mass is 10.2. The number of nitrogens with one attached hydrogen (secondary N) is 1. The van der Waals surface area contributed by atoms with Gasteiger partial charge in [-0.15, -0.1) is 0 Å². The summed E-state index contributed by atoms with van der Waals surface area (Å²) in [7, 11) is 0. The molecule has 2 saturated heterocycles. The van der Waals surface area contributed by atoms with Gasteiger partial charge in [0.15, 0.2) is 0 Å². The lowest BCUT2D eigenvalue weighted by Crippen LogP contribution is -2.43. The molecule has 0 aromatic carbocycles. The van der Waals surface area contributed by atoms with Crippen LogP contribution in [0.5, 0.6) is 0 Å². The van der Waals surface area contributed by atoms with E-state index >= 15 is 0 Å². The zero-order valence-electron chi connectivity index (χ0n) is 10.3. The van der Waals surface area contributed by atoms with E-state index in [1.54, 1.807) is 0 Å². The predicted molar refractivity (Wildman–Crippen MR) is 63.7 cm³/mol. The lowest BCUT2D eigenvalue weighted by molar-refractivity contribution is -0.0975. The van der Waals surface area contributed by atoms with Crippen LogP contribution in [-0.2, 0) is 9.47 Å². The molecule has 2 aliphatic heterocycles. The molecule has 16 heavy (non-hydrogen) atoms. The van der Waals surface area contributed by atoms with Crippen molar-refractivity contribution in [1.29, 1.82) is 0 Å². The van der Waals surface area contributed by atoms with Gasteiger partial charge in [-0.3, -0.25) is 4.90 Å². The number of hydrogen-bond acceptors (Lipinski definition) is 4. The van der Waals surface area contributed by atoms with Crippen LogP contribution in [0.2, 0.25) is 0 Å². The van der Waals surface area contributed by atoms with Crippen LogP contribution in [0, 0.1) is 0 Å². The minimum atomic E-state index is 0.282. The molecule has 2 heterocycles. The lowest BCUT2D eigenvalue weighted by Gasteiger charge is -2.30. The summed E-state index contributed by atoms with van der Waals surface area (Å²) in [6.45, 7) is 9.04. The smallest absolute Gasteiger partial charge is 0.0936 e. The van der Waals surface area contributed by atoms with Crippen LogP contribution in [-0.4, -0.2) is 63.0 Å². The third-order valence-corrected chi connectivity index (χ3v) is 3.40. The fourth-order valence-corrected chi connectivity index (χ4v) is 2.45. The zero-order chi connectivity index (χ0) is 11.2. The predicted octanol–water partition coefficient (Wildman–Crippen LogP) is 0.476. The number of hydrogen-bond donors (Lipinski definition) is 1. The second kappa shape index (κ2) is 6.55. The summed E-state index contributed by atoms with van der Waals surface area (Å²) in [6.07, 6.45) is 2.73. The average Bonchev–Trinajstić information content (AvgIpc) is 2.55. The van der Waals surface area contributed by atoms with Crippen LogP contribution < -0.4 is 5.32 Å². The van der Waals surface area contributed by atoms with Crippen molar-refractivity contribution in [3.05, 3.63) is 0 Å². The molecule has 94 valence electrons. The minimum Gasteiger partial charge on any atom is -0.376 e. The molecule has 2 fully saturated rings. The molecule has 2 rings (SSSR count). The summed E-state index contributed by atoms with van der Waals surface area (Å²) in [5.74, 6) is 0. The second-order valence-electron chi connectivity index (χ2n) is 4.74. The molecular weight excluding hydrogens is 204 g/mol. The maximum absolute atomic E-state index is 5.70. The van der Waals surface area contributed by atoms with Crippen molar-refractivity contribution in [2.24, 2.45) is 0 Å². The van der Waals surface area contributed by atoms with Crippen LogP contribution in [0.15, 0.2) is 0 Å². The molecule has 4 nitrogen and oxygen atoms in total. The Kier molecular flexibility index (Phi) is 5.03. The monoisotopic (exact) mass is 228 g/mol. The van der Waals surface area contributed by atoms with E-state index in [9.17, 15) is 0 Å². The molecule has 0 aromatic rings. The molecule has 0 amide bonds. The standard InChI is InChI=1S/C12H24N2O2/c1-2-11-8-14(5-3-4-13-11)9-12-10-15-6-7-16-12/h11-13H,2-10H2,1H3. The van der Waals surface area contributed by atoms with Crippen LogP contribution in [0.4, 0.5) is 0 Å². The van der Waals surface area contributed by atoms with E-state index in [-0.39, 0.29) is 6.10 Å². The first-order valence-electron chi connectivity index (χ1n) is 6.53. The van der Waals surface area contributed by atoms with E-state index in [1.807, 2.05) is 0 Å². The van der Waals surface area contributed by atoms with Gasteiger partial charge in [-0.25, -0.2) is 0 Å². The van der Waals surface area contributed by atoms with Crippen molar-refractivity contribution in [3.63, 3.8) is 0 Å². The molecule has 0 aliphatic carbocycles. The van der Waals surface area contributed by atoms with Crippen molar-refractivity contribution in [2.75, 3.05) is 46.0 Å². The van der Waals surface area contributed by atoms with Crippen molar-refractivity contribution in [3.8, 4) is 0 Å². The number of nitrogens with zero attached hydrogens (tertiary/aromatic N) is 1. The first-order chi connectivity index (χ1) is 7.88. The number of rotatable bonds is 3. The summed E-state index contributed by atoms with van der Waals surface area (Å²) < 4.78 is 11.1. The van der Waals surface area contributed by atoms with Crippen LogP contribution in [0.1, 0.15) is 19.8 Å². The molecule has 0 radical (unpaired) electrons. The van der Waals surface area contributed by atoms with Gasteiger partial charge in [0.05, 0.1) is 25.9 Å². The first kappa shape index (κ1) is 12.3. The van der Waals surface area contributed by atoms with E-state index in [0.29, 0.717) is 6.04 Å². The Hall–Kier alpha value is -0.160. The summed E-state index contributed by atoms with van der Waals surface area (Å²) in [5, 5.41) is 3.58. The molecule has 0 spiro atoms. The highest BCUT2D eigenvalue weighted by molar-refractivity contribution is 4.77. The molecule has 2 unspecified atom stereocenters. The minimum absolute atomic E-state index is 0.282. The molecule has 2 atom stereocenters. The fourth-order valence-electron chi connectivity index (χ4n) is 2.45. The average molecular weight is 228 g/mol. The van der Waals surface area contributed by atoms with Gasteiger partial charge in [-0.1, -0.05) is 6.92 Å². The van der Waals surface area contributed by atoms with E-state index in [2.05, 4.69) is 17.1 Å². The summed E-state index contributed by atoms with van der Waals surface area (Å²) in [6, 6.07) is 0.645. The third kappa shape index (κ3) is 3.70. The van der Waals surface area contributed by atoms with Crippen LogP contribution in [0.25, 0.3) is 0 Å². The maximum atomic E-state index is 5.70. The van der Waals surface area contributed by atoms with Crippen molar-refractivity contribution < 1.29 is 9.47 Å². The SMILES string of the molecule is CCC1CN(CC2COCCO2)CCCN1. The molecule has 0 bridgehead atoms. The largest absolute Gasteiger partial charge is 0.376 e. The second-order valence-corrected chi connectivity index (χ2v) is 4.74. The quantitative estimate of drug-likeness (QED) is 0.761. The molecule has 0 aromatic heterocycles. The van der Waals surface area contributed by atoms with Gasteiger partial charge in [0.1, 0.15) is 0 Å².